The zero-order chi connectivity index (χ0) is 23.1. The highest BCUT2D eigenvalue weighted by molar-refractivity contribution is 7.07. The molecule has 0 atom stereocenters. The van der Waals surface area contributed by atoms with Crippen molar-refractivity contribution in [3.63, 3.8) is 0 Å². The highest BCUT2D eigenvalue weighted by Crippen LogP contribution is 2.41. The average molecular weight is 463 g/mol. The molecule has 1 aliphatic carbocycles. The van der Waals surface area contributed by atoms with Crippen LogP contribution in [0, 0.1) is 6.92 Å². The van der Waals surface area contributed by atoms with Gasteiger partial charge in [-0.3, -0.25) is 9.48 Å². The Morgan fingerprint density at radius 2 is 1.82 bits per heavy atom. The molecule has 2 heterocycles. The Morgan fingerprint density at radius 3 is 2.48 bits per heavy atom. The van der Waals surface area contributed by atoms with Gasteiger partial charge in [-0.15, -0.1) is 11.3 Å². The molecule has 2 aromatic heterocycles. The molecule has 1 aliphatic rings. The van der Waals surface area contributed by atoms with Crippen LogP contribution in [0.2, 0.25) is 0 Å². The van der Waals surface area contributed by atoms with Gasteiger partial charge in [0.05, 0.1) is 31.3 Å². The van der Waals surface area contributed by atoms with Crippen molar-refractivity contribution in [2.75, 3.05) is 14.2 Å². The summed E-state index contributed by atoms with van der Waals surface area (Å²) in [6, 6.07) is 15.8. The van der Waals surface area contributed by atoms with Gasteiger partial charge in [0.1, 0.15) is 11.5 Å². The van der Waals surface area contributed by atoms with Crippen LogP contribution >= 0.6 is 11.3 Å². The van der Waals surface area contributed by atoms with E-state index in [1.165, 1.54) is 11.3 Å². The number of nitrogens with zero attached hydrogens (tertiary/aromatic N) is 4. The van der Waals surface area contributed by atoms with E-state index in [1.54, 1.807) is 18.9 Å². The van der Waals surface area contributed by atoms with E-state index in [0.29, 0.717) is 11.7 Å². The molecule has 4 aromatic rings. The summed E-state index contributed by atoms with van der Waals surface area (Å²) in [4.78, 5) is 19.1. The highest BCUT2D eigenvalue weighted by atomic mass is 32.1. The maximum Gasteiger partial charge on any atom is 0.297 e. The van der Waals surface area contributed by atoms with Crippen LogP contribution in [0.5, 0.6) is 11.5 Å². The summed E-state index contributed by atoms with van der Waals surface area (Å²) < 4.78 is 16.8. The van der Waals surface area contributed by atoms with E-state index >= 15 is 0 Å². The van der Waals surface area contributed by atoms with Gasteiger partial charge in [-0.1, -0.05) is 18.2 Å². The topological polar surface area (TPSA) is 62.7 Å². The van der Waals surface area contributed by atoms with Crippen molar-refractivity contribution < 1.29 is 9.47 Å². The Labute approximate surface area is 195 Å². The van der Waals surface area contributed by atoms with Crippen molar-refractivity contribution in [3.8, 4) is 28.4 Å². The maximum absolute atomic E-state index is 13.4. The molecule has 0 spiro atoms. The molecule has 0 amide bonds. The minimum absolute atomic E-state index is 0.127. The van der Waals surface area contributed by atoms with Crippen LogP contribution in [0.3, 0.4) is 0 Å². The highest BCUT2D eigenvalue weighted by Gasteiger charge is 2.29. The molecular formula is C25H26N4O3S. The van der Waals surface area contributed by atoms with E-state index in [4.69, 9.17) is 14.5 Å². The second-order valence-corrected chi connectivity index (χ2v) is 8.93. The summed E-state index contributed by atoms with van der Waals surface area (Å²) in [5.41, 5.74) is 3.94. The SMILES string of the molecule is COc1ccc(OC)c(-c2csc(=Nc3c(C)n(C)n(-c4ccccc4)c3=O)n2C2CC2)c1. The Kier molecular flexibility index (Phi) is 5.46. The van der Waals surface area contributed by atoms with Gasteiger partial charge in [-0.05, 0) is 50.1 Å². The van der Waals surface area contributed by atoms with Crippen molar-refractivity contribution in [1.82, 2.24) is 13.9 Å². The lowest BCUT2D eigenvalue weighted by Crippen LogP contribution is -2.20. The molecule has 170 valence electrons. The molecule has 7 nitrogen and oxygen atoms in total. The molecule has 0 N–H and O–H groups in total. The number of benzene rings is 2. The first kappa shape index (κ1) is 21.3. The molecule has 0 saturated heterocycles. The molecule has 33 heavy (non-hydrogen) atoms. The minimum atomic E-state index is -0.127. The van der Waals surface area contributed by atoms with Crippen molar-refractivity contribution in [3.05, 3.63) is 74.8 Å². The van der Waals surface area contributed by atoms with Crippen molar-refractivity contribution >= 4 is 17.0 Å². The molecule has 1 fully saturated rings. The van der Waals surface area contributed by atoms with Crippen LogP contribution in [0.4, 0.5) is 5.69 Å². The normalized spacial score (nSPS) is 14.0. The zero-order valence-electron chi connectivity index (χ0n) is 19.1. The molecule has 0 unspecified atom stereocenters. The molecule has 0 aliphatic heterocycles. The molecule has 0 radical (unpaired) electrons. The fourth-order valence-corrected chi connectivity index (χ4v) is 5.04. The number of methoxy groups -OCH3 is 2. The molecular weight excluding hydrogens is 436 g/mol. The number of hydrogen-bond acceptors (Lipinski definition) is 5. The summed E-state index contributed by atoms with van der Waals surface area (Å²) in [5, 5.41) is 2.09. The average Bonchev–Trinajstić information content (AvgIpc) is 3.56. The third kappa shape index (κ3) is 3.70. The smallest absolute Gasteiger partial charge is 0.297 e. The van der Waals surface area contributed by atoms with Crippen molar-refractivity contribution in [2.24, 2.45) is 12.0 Å². The predicted molar refractivity (Wildman–Crippen MR) is 130 cm³/mol. The van der Waals surface area contributed by atoms with Gasteiger partial charge in [0.15, 0.2) is 10.5 Å². The standard InChI is InChI=1S/C25H26N4O3S/c1-16-23(24(30)29(27(16)2)18-8-6-5-7-9-18)26-25-28(17-10-11-17)21(15-33-25)20-14-19(31-3)12-13-22(20)32-4/h5-9,12-15,17H,10-11H2,1-4H3. The Hall–Kier alpha value is -3.52. The van der Waals surface area contributed by atoms with Crippen LogP contribution in [0.15, 0.2) is 63.7 Å². The van der Waals surface area contributed by atoms with Gasteiger partial charge < -0.3 is 14.0 Å². The lowest BCUT2D eigenvalue weighted by atomic mass is 10.1. The van der Waals surface area contributed by atoms with E-state index in [9.17, 15) is 4.79 Å². The number of para-hydroxylation sites is 1. The summed E-state index contributed by atoms with van der Waals surface area (Å²) in [6.07, 6.45) is 2.18. The fraction of sp³-hybridized carbons (Fsp3) is 0.280. The monoisotopic (exact) mass is 462 g/mol. The van der Waals surface area contributed by atoms with Crippen molar-refractivity contribution in [1.29, 1.82) is 0 Å². The second kappa shape index (κ2) is 8.44. The van der Waals surface area contributed by atoms with Gasteiger partial charge >= 0.3 is 0 Å². The maximum atomic E-state index is 13.4. The first-order chi connectivity index (χ1) is 16.0. The van der Waals surface area contributed by atoms with E-state index in [2.05, 4.69) is 9.95 Å². The lowest BCUT2D eigenvalue weighted by Gasteiger charge is -2.13. The van der Waals surface area contributed by atoms with Gasteiger partial charge in [-0.25, -0.2) is 9.67 Å². The van der Waals surface area contributed by atoms with Crippen LogP contribution in [-0.4, -0.2) is 28.2 Å². The summed E-state index contributed by atoms with van der Waals surface area (Å²) in [5.74, 6) is 1.54. The number of hydrogen-bond donors (Lipinski definition) is 0. The Bertz CT molecular complexity index is 1440. The predicted octanol–water partition coefficient (Wildman–Crippen LogP) is 4.60. The van der Waals surface area contributed by atoms with E-state index in [1.807, 2.05) is 67.2 Å². The van der Waals surface area contributed by atoms with Crippen molar-refractivity contribution in [2.45, 2.75) is 25.8 Å². The summed E-state index contributed by atoms with van der Waals surface area (Å²) in [6.45, 7) is 1.93. The zero-order valence-corrected chi connectivity index (χ0v) is 19.9. The number of ether oxygens (including phenoxy) is 2. The summed E-state index contributed by atoms with van der Waals surface area (Å²) in [7, 11) is 5.22. The quantitative estimate of drug-likeness (QED) is 0.421. The lowest BCUT2D eigenvalue weighted by molar-refractivity contribution is 0.404. The summed E-state index contributed by atoms with van der Waals surface area (Å²) >= 11 is 1.54. The number of aromatic nitrogens is 3. The fourth-order valence-electron chi connectivity index (χ4n) is 4.08. The third-order valence-corrected chi connectivity index (χ3v) is 6.91. The molecule has 8 heteroatoms. The molecule has 2 aromatic carbocycles. The van der Waals surface area contributed by atoms with Gasteiger partial charge in [0.25, 0.3) is 5.56 Å². The largest absolute Gasteiger partial charge is 0.497 e. The molecule has 0 bridgehead atoms. The van der Waals surface area contributed by atoms with Crippen LogP contribution in [0.1, 0.15) is 24.6 Å². The first-order valence-corrected chi connectivity index (χ1v) is 11.7. The molecule has 1 saturated carbocycles. The third-order valence-electron chi connectivity index (χ3n) is 6.07. The Balaban J connectivity index is 1.70. The minimum Gasteiger partial charge on any atom is -0.497 e. The second-order valence-electron chi connectivity index (χ2n) is 8.09. The van der Waals surface area contributed by atoms with Crippen LogP contribution in [-0.2, 0) is 7.05 Å². The van der Waals surface area contributed by atoms with E-state index in [0.717, 1.165) is 51.8 Å². The number of rotatable bonds is 6. The van der Waals surface area contributed by atoms with Gasteiger partial charge in [-0.2, -0.15) is 0 Å². The van der Waals surface area contributed by atoms with Gasteiger partial charge in [0, 0.05) is 24.0 Å². The number of thiazole rings is 1. The first-order valence-electron chi connectivity index (χ1n) is 10.8. The van der Waals surface area contributed by atoms with E-state index in [-0.39, 0.29) is 5.56 Å². The van der Waals surface area contributed by atoms with Crippen LogP contribution in [0.25, 0.3) is 16.9 Å². The van der Waals surface area contributed by atoms with E-state index < -0.39 is 0 Å². The Morgan fingerprint density at radius 1 is 1.06 bits per heavy atom. The van der Waals surface area contributed by atoms with Gasteiger partial charge in [0.2, 0.25) is 0 Å². The van der Waals surface area contributed by atoms with Crippen LogP contribution < -0.4 is 19.8 Å². The molecule has 5 rings (SSSR count).